The lowest BCUT2D eigenvalue weighted by Gasteiger charge is -2.07. The second kappa shape index (κ2) is 3.60. The molecule has 0 unspecified atom stereocenters. The van der Waals surface area contributed by atoms with Crippen LogP contribution in [0.1, 0.15) is 5.56 Å². The second-order valence-electron chi connectivity index (χ2n) is 2.63. The zero-order valence-electron chi connectivity index (χ0n) is 7.11. The highest BCUT2D eigenvalue weighted by Gasteiger charge is 2.16. The maximum Gasteiger partial charge on any atom is 0.491 e. The van der Waals surface area contributed by atoms with E-state index in [1.165, 1.54) is 13.2 Å². The Kier molecular flexibility index (Phi) is 2.73. The molecule has 3 nitrogen and oxygen atoms in total. The van der Waals surface area contributed by atoms with Gasteiger partial charge in [-0.15, -0.1) is 0 Å². The highest BCUT2D eigenvalue weighted by atomic mass is 16.5. The van der Waals surface area contributed by atoms with E-state index in [1.54, 1.807) is 19.1 Å². The molecule has 2 N–H and O–H groups in total. The predicted molar refractivity (Wildman–Crippen MR) is 47.5 cm³/mol. The Labute approximate surface area is 71.8 Å². The van der Waals surface area contributed by atoms with E-state index in [-0.39, 0.29) is 5.75 Å². The van der Waals surface area contributed by atoms with Crippen molar-refractivity contribution in [1.82, 2.24) is 0 Å². The van der Waals surface area contributed by atoms with Crippen molar-refractivity contribution in [2.75, 3.05) is 7.11 Å². The summed E-state index contributed by atoms with van der Waals surface area (Å²) < 4.78 is 4.73. The van der Waals surface area contributed by atoms with Crippen LogP contribution in [0.25, 0.3) is 0 Å². The number of phenols is 1. The topological polar surface area (TPSA) is 49.7 Å². The molecule has 4 heteroatoms. The highest BCUT2D eigenvalue weighted by molar-refractivity contribution is 6.60. The quantitative estimate of drug-likeness (QED) is 0.609. The van der Waals surface area contributed by atoms with Crippen molar-refractivity contribution in [3.63, 3.8) is 0 Å². The Morgan fingerprint density at radius 1 is 1.42 bits per heavy atom. The van der Waals surface area contributed by atoms with Gasteiger partial charge in [0, 0.05) is 7.11 Å². The van der Waals surface area contributed by atoms with E-state index in [0.717, 1.165) is 5.56 Å². The third-order valence-electron chi connectivity index (χ3n) is 1.74. The number of hydrogen-bond acceptors (Lipinski definition) is 3. The van der Waals surface area contributed by atoms with Gasteiger partial charge in [-0.25, -0.2) is 0 Å². The van der Waals surface area contributed by atoms with E-state index in [1.807, 2.05) is 0 Å². The minimum atomic E-state index is -0.911. The molecular formula is C8H11BO3. The van der Waals surface area contributed by atoms with Crippen LogP contribution in [0, 0.1) is 6.92 Å². The molecule has 0 spiro atoms. The van der Waals surface area contributed by atoms with Gasteiger partial charge in [-0.2, -0.15) is 0 Å². The van der Waals surface area contributed by atoms with Crippen molar-refractivity contribution in [2.45, 2.75) is 6.92 Å². The normalized spacial score (nSPS) is 9.92. The minimum absolute atomic E-state index is 0.194. The summed E-state index contributed by atoms with van der Waals surface area (Å²) in [5.41, 5.74) is 1.49. The van der Waals surface area contributed by atoms with Gasteiger partial charge in [-0.05, 0) is 30.1 Å². The van der Waals surface area contributed by atoms with Crippen LogP contribution in [-0.4, -0.2) is 24.4 Å². The number of phenolic OH excluding ortho intramolecular Hbond substituents is 1. The van der Waals surface area contributed by atoms with Crippen molar-refractivity contribution in [1.29, 1.82) is 0 Å². The van der Waals surface area contributed by atoms with Gasteiger partial charge in [-0.3, -0.25) is 0 Å². The van der Waals surface area contributed by atoms with Crippen LogP contribution in [0.2, 0.25) is 0 Å². The van der Waals surface area contributed by atoms with Crippen LogP contribution in [-0.2, 0) is 4.65 Å². The summed E-state index contributed by atoms with van der Waals surface area (Å²) in [4.78, 5) is 0. The summed E-state index contributed by atoms with van der Waals surface area (Å²) in [6, 6.07) is 4.74. The van der Waals surface area contributed by atoms with Crippen molar-refractivity contribution < 1.29 is 14.8 Å². The fourth-order valence-electron chi connectivity index (χ4n) is 1.06. The van der Waals surface area contributed by atoms with Crippen LogP contribution in [0.4, 0.5) is 0 Å². The summed E-state index contributed by atoms with van der Waals surface area (Å²) in [6.07, 6.45) is 0. The first-order chi connectivity index (χ1) is 5.65. The average molecular weight is 166 g/mol. The van der Waals surface area contributed by atoms with E-state index < -0.39 is 7.12 Å². The molecule has 0 radical (unpaired) electrons. The molecule has 1 aromatic rings. The van der Waals surface area contributed by atoms with E-state index in [0.29, 0.717) is 5.46 Å². The molecule has 0 saturated carbocycles. The van der Waals surface area contributed by atoms with Crippen LogP contribution >= 0.6 is 0 Å². The monoisotopic (exact) mass is 166 g/mol. The Bertz CT molecular complexity index is 275. The summed E-state index contributed by atoms with van der Waals surface area (Å²) in [5, 5.41) is 18.4. The zero-order chi connectivity index (χ0) is 9.14. The van der Waals surface area contributed by atoms with Gasteiger partial charge in [0.2, 0.25) is 0 Å². The lowest BCUT2D eigenvalue weighted by molar-refractivity contribution is 0.341. The van der Waals surface area contributed by atoms with Crippen molar-refractivity contribution in [3.8, 4) is 5.75 Å². The fraction of sp³-hybridized carbons (Fsp3) is 0.250. The summed E-state index contributed by atoms with van der Waals surface area (Å²) in [6.45, 7) is 1.80. The highest BCUT2D eigenvalue weighted by Crippen LogP contribution is 2.08. The number of benzene rings is 1. The summed E-state index contributed by atoms with van der Waals surface area (Å²) >= 11 is 0. The average Bonchev–Trinajstić information content (AvgIpc) is 2.03. The molecule has 0 heterocycles. The lowest BCUT2D eigenvalue weighted by Crippen LogP contribution is -2.34. The maximum atomic E-state index is 9.30. The van der Waals surface area contributed by atoms with Gasteiger partial charge in [0.05, 0.1) is 0 Å². The first-order valence-corrected chi connectivity index (χ1v) is 3.65. The molecule has 64 valence electrons. The molecule has 1 rings (SSSR count). The van der Waals surface area contributed by atoms with Crippen molar-refractivity contribution in [2.24, 2.45) is 0 Å². The van der Waals surface area contributed by atoms with Gasteiger partial charge < -0.3 is 14.8 Å². The molecule has 0 aliphatic rings. The SMILES string of the molecule is COB(O)c1ccc(O)cc1C. The molecule has 0 atom stereocenters. The third-order valence-corrected chi connectivity index (χ3v) is 1.74. The maximum absolute atomic E-state index is 9.30. The predicted octanol–water partition coefficient (Wildman–Crippen LogP) is 0.0345. The van der Waals surface area contributed by atoms with Gasteiger partial charge >= 0.3 is 7.12 Å². The molecule has 0 aliphatic heterocycles. The van der Waals surface area contributed by atoms with E-state index >= 15 is 0 Å². The molecule has 1 aromatic carbocycles. The van der Waals surface area contributed by atoms with Gasteiger partial charge in [0.25, 0.3) is 0 Å². The number of rotatable bonds is 2. The lowest BCUT2D eigenvalue weighted by atomic mass is 9.77. The minimum Gasteiger partial charge on any atom is -0.508 e. The van der Waals surface area contributed by atoms with Crippen LogP contribution in [0.15, 0.2) is 18.2 Å². The van der Waals surface area contributed by atoms with Crippen LogP contribution < -0.4 is 5.46 Å². The van der Waals surface area contributed by atoms with Gasteiger partial charge in [0.15, 0.2) is 0 Å². The molecule has 0 aromatic heterocycles. The molecule has 0 bridgehead atoms. The van der Waals surface area contributed by atoms with E-state index in [9.17, 15) is 5.02 Å². The molecular weight excluding hydrogens is 155 g/mol. The molecule has 0 saturated heterocycles. The fourth-order valence-corrected chi connectivity index (χ4v) is 1.06. The van der Waals surface area contributed by atoms with E-state index in [4.69, 9.17) is 9.76 Å². The summed E-state index contributed by atoms with van der Waals surface area (Å²) in [5.74, 6) is 0.194. The molecule has 0 aliphatic carbocycles. The Hall–Kier alpha value is -0.995. The summed E-state index contributed by atoms with van der Waals surface area (Å²) in [7, 11) is 0.516. The van der Waals surface area contributed by atoms with Crippen LogP contribution in [0.3, 0.4) is 0 Å². The van der Waals surface area contributed by atoms with Crippen molar-refractivity contribution >= 4 is 12.6 Å². The smallest absolute Gasteiger partial charge is 0.491 e. The Balaban J connectivity index is 3.01. The van der Waals surface area contributed by atoms with Crippen LogP contribution in [0.5, 0.6) is 5.75 Å². The number of aromatic hydroxyl groups is 1. The van der Waals surface area contributed by atoms with Gasteiger partial charge in [-0.1, -0.05) is 6.07 Å². The van der Waals surface area contributed by atoms with E-state index in [2.05, 4.69) is 0 Å². The molecule has 0 amide bonds. The second-order valence-corrected chi connectivity index (χ2v) is 2.63. The Morgan fingerprint density at radius 2 is 2.08 bits per heavy atom. The third kappa shape index (κ3) is 1.78. The molecule has 12 heavy (non-hydrogen) atoms. The first kappa shape index (κ1) is 9.10. The number of hydrogen-bond donors (Lipinski definition) is 2. The zero-order valence-corrected chi connectivity index (χ0v) is 7.11. The standard InChI is InChI=1S/C8H11BO3/c1-6-5-7(10)3-4-8(6)9(11)12-2/h3-5,10-11H,1-2H3. The largest absolute Gasteiger partial charge is 0.508 e. The van der Waals surface area contributed by atoms with Gasteiger partial charge in [0.1, 0.15) is 5.75 Å². The number of aryl methyl sites for hydroxylation is 1. The first-order valence-electron chi connectivity index (χ1n) is 3.65. The molecule has 0 fully saturated rings. The van der Waals surface area contributed by atoms with Crippen molar-refractivity contribution in [3.05, 3.63) is 23.8 Å². The Morgan fingerprint density at radius 3 is 2.58 bits per heavy atom.